The molecule has 1 aromatic rings. The predicted molar refractivity (Wildman–Crippen MR) is 91.6 cm³/mol. The fraction of sp³-hybridized carbons (Fsp3) is 0.438. The zero-order valence-electron chi connectivity index (χ0n) is 13.3. The number of thioether (sulfide) groups is 1. The summed E-state index contributed by atoms with van der Waals surface area (Å²) in [6, 6.07) is 5.69. The third kappa shape index (κ3) is 4.99. The second-order valence-electron chi connectivity index (χ2n) is 5.42. The summed E-state index contributed by atoms with van der Waals surface area (Å²) in [5.41, 5.74) is 2.86. The van der Waals surface area contributed by atoms with Crippen molar-refractivity contribution in [3.8, 4) is 0 Å². The summed E-state index contributed by atoms with van der Waals surface area (Å²) in [4.78, 5) is 36.7. The number of carbonyl (C=O) groups is 3. The molecular formula is C16H21N3O3S. The molecule has 0 saturated carbocycles. The normalized spacial score (nSPS) is 14.0. The van der Waals surface area contributed by atoms with Crippen LogP contribution in [0.2, 0.25) is 0 Å². The first-order chi connectivity index (χ1) is 11.0. The molecule has 23 heavy (non-hydrogen) atoms. The van der Waals surface area contributed by atoms with Crippen molar-refractivity contribution >= 4 is 34.5 Å². The molecule has 6 nitrogen and oxygen atoms in total. The Kier molecular flexibility index (Phi) is 6.04. The standard InChI is InChI=1S/C16H21N3O3S/c1-11-4-3-5-13(12(11)2)18-15(21)10-17-14(20)6-7-19-8-9-23-16(19)22/h3-5H,6-10H2,1-2H3,(H,17,20)(H,18,21). The van der Waals surface area contributed by atoms with Crippen LogP contribution in [0.1, 0.15) is 17.5 Å². The van der Waals surface area contributed by atoms with Crippen molar-refractivity contribution in [3.63, 3.8) is 0 Å². The third-order valence-electron chi connectivity index (χ3n) is 3.78. The molecule has 2 N–H and O–H groups in total. The van der Waals surface area contributed by atoms with Gasteiger partial charge in [-0.15, -0.1) is 0 Å². The number of anilines is 1. The number of hydrogen-bond donors (Lipinski definition) is 2. The Morgan fingerprint density at radius 1 is 1.26 bits per heavy atom. The van der Waals surface area contributed by atoms with E-state index in [0.29, 0.717) is 13.1 Å². The Morgan fingerprint density at radius 2 is 2.04 bits per heavy atom. The van der Waals surface area contributed by atoms with Gasteiger partial charge < -0.3 is 15.5 Å². The lowest BCUT2D eigenvalue weighted by Crippen LogP contribution is -2.35. The van der Waals surface area contributed by atoms with Gasteiger partial charge in [-0.25, -0.2) is 0 Å². The topological polar surface area (TPSA) is 78.5 Å². The number of benzene rings is 1. The van der Waals surface area contributed by atoms with Crippen LogP contribution in [-0.2, 0) is 9.59 Å². The van der Waals surface area contributed by atoms with E-state index in [4.69, 9.17) is 0 Å². The van der Waals surface area contributed by atoms with Gasteiger partial charge in [0.1, 0.15) is 0 Å². The fourth-order valence-corrected chi connectivity index (χ4v) is 3.06. The molecule has 7 heteroatoms. The second-order valence-corrected chi connectivity index (χ2v) is 6.47. The van der Waals surface area contributed by atoms with E-state index >= 15 is 0 Å². The highest BCUT2D eigenvalue weighted by Crippen LogP contribution is 2.18. The molecule has 0 bridgehead atoms. The van der Waals surface area contributed by atoms with Crippen molar-refractivity contribution in [2.24, 2.45) is 0 Å². The molecule has 3 amide bonds. The van der Waals surface area contributed by atoms with Crippen LogP contribution in [0.3, 0.4) is 0 Å². The van der Waals surface area contributed by atoms with E-state index in [-0.39, 0.29) is 30.0 Å². The van der Waals surface area contributed by atoms with Gasteiger partial charge in [-0.2, -0.15) is 0 Å². The van der Waals surface area contributed by atoms with Gasteiger partial charge in [-0.05, 0) is 31.0 Å². The van der Waals surface area contributed by atoms with Crippen LogP contribution >= 0.6 is 11.8 Å². The first-order valence-electron chi connectivity index (χ1n) is 7.52. The number of nitrogens with one attached hydrogen (secondary N) is 2. The van der Waals surface area contributed by atoms with Gasteiger partial charge in [0.15, 0.2) is 0 Å². The van der Waals surface area contributed by atoms with Crippen LogP contribution in [0.15, 0.2) is 18.2 Å². The number of rotatable bonds is 6. The lowest BCUT2D eigenvalue weighted by Gasteiger charge is -2.14. The van der Waals surface area contributed by atoms with Gasteiger partial charge in [0.25, 0.3) is 5.24 Å². The maximum Gasteiger partial charge on any atom is 0.281 e. The van der Waals surface area contributed by atoms with Crippen molar-refractivity contribution in [1.29, 1.82) is 0 Å². The van der Waals surface area contributed by atoms with Gasteiger partial charge in [0.2, 0.25) is 11.8 Å². The van der Waals surface area contributed by atoms with E-state index in [1.165, 1.54) is 11.8 Å². The minimum absolute atomic E-state index is 0.0189. The summed E-state index contributed by atoms with van der Waals surface area (Å²) in [7, 11) is 0. The molecule has 2 rings (SSSR count). The number of carbonyl (C=O) groups excluding carboxylic acids is 3. The van der Waals surface area contributed by atoms with Crippen molar-refractivity contribution in [1.82, 2.24) is 10.2 Å². The van der Waals surface area contributed by atoms with Gasteiger partial charge in [-0.3, -0.25) is 14.4 Å². The Balaban J connectivity index is 1.72. The molecule has 0 aliphatic carbocycles. The van der Waals surface area contributed by atoms with E-state index < -0.39 is 0 Å². The molecule has 1 aromatic carbocycles. The quantitative estimate of drug-likeness (QED) is 0.832. The monoisotopic (exact) mass is 335 g/mol. The molecule has 1 aliphatic rings. The van der Waals surface area contributed by atoms with E-state index in [9.17, 15) is 14.4 Å². The number of amides is 3. The zero-order valence-corrected chi connectivity index (χ0v) is 14.2. The van der Waals surface area contributed by atoms with E-state index in [1.807, 2.05) is 32.0 Å². The van der Waals surface area contributed by atoms with Gasteiger partial charge >= 0.3 is 0 Å². The van der Waals surface area contributed by atoms with Crippen LogP contribution in [0, 0.1) is 13.8 Å². The summed E-state index contributed by atoms with van der Waals surface area (Å²) in [5.74, 6) is 0.282. The molecule has 0 spiro atoms. The Bertz CT molecular complexity index is 619. The molecule has 124 valence electrons. The summed E-state index contributed by atoms with van der Waals surface area (Å²) in [6.07, 6.45) is 0.211. The maximum atomic E-state index is 11.9. The molecule has 1 fully saturated rings. The van der Waals surface area contributed by atoms with E-state index in [0.717, 1.165) is 22.6 Å². The van der Waals surface area contributed by atoms with Gasteiger partial charge in [-0.1, -0.05) is 23.9 Å². The lowest BCUT2D eigenvalue weighted by atomic mass is 10.1. The van der Waals surface area contributed by atoms with Crippen LogP contribution in [0.5, 0.6) is 0 Å². The minimum Gasteiger partial charge on any atom is -0.347 e. The van der Waals surface area contributed by atoms with Crippen LogP contribution in [0.25, 0.3) is 0 Å². The third-order valence-corrected chi connectivity index (χ3v) is 4.67. The summed E-state index contributed by atoms with van der Waals surface area (Å²) in [6.45, 7) is 4.92. The number of hydrogen-bond acceptors (Lipinski definition) is 4. The van der Waals surface area contributed by atoms with Gasteiger partial charge in [0, 0.05) is 31.0 Å². The highest BCUT2D eigenvalue weighted by Gasteiger charge is 2.21. The number of nitrogens with zero attached hydrogens (tertiary/aromatic N) is 1. The Morgan fingerprint density at radius 3 is 2.74 bits per heavy atom. The minimum atomic E-state index is -0.264. The largest absolute Gasteiger partial charge is 0.347 e. The predicted octanol–water partition coefficient (Wildman–Crippen LogP) is 1.92. The molecule has 0 aromatic heterocycles. The summed E-state index contributed by atoms with van der Waals surface area (Å²) in [5, 5.41) is 5.39. The average molecular weight is 335 g/mol. The first kappa shape index (κ1) is 17.3. The van der Waals surface area contributed by atoms with Crippen molar-refractivity contribution < 1.29 is 14.4 Å². The molecule has 1 aliphatic heterocycles. The molecule has 1 heterocycles. The maximum absolute atomic E-state index is 11.9. The zero-order chi connectivity index (χ0) is 16.8. The second kappa shape index (κ2) is 8.01. The SMILES string of the molecule is Cc1cccc(NC(=O)CNC(=O)CCN2CCSC2=O)c1C. The summed E-state index contributed by atoms with van der Waals surface area (Å²) < 4.78 is 0. The van der Waals surface area contributed by atoms with Gasteiger partial charge in [0.05, 0.1) is 6.54 Å². The Hall–Kier alpha value is -2.02. The first-order valence-corrected chi connectivity index (χ1v) is 8.50. The van der Waals surface area contributed by atoms with Crippen molar-refractivity contribution in [2.75, 3.05) is 30.7 Å². The lowest BCUT2D eigenvalue weighted by molar-refractivity contribution is -0.124. The average Bonchev–Trinajstić information content (AvgIpc) is 2.93. The molecule has 0 radical (unpaired) electrons. The van der Waals surface area contributed by atoms with Crippen molar-refractivity contribution in [3.05, 3.63) is 29.3 Å². The highest BCUT2D eigenvalue weighted by atomic mass is 32.2. The van der Waals surface area contributed by atoms with E-state index in [1.54, 1.807) is 4.90 Å². The van der Waals surface area contributed by atoms with E-state index in [2.05, 4.69) is 10.6 Å². The molecule has 0 unspecified atom stereocenters. The molecule has 0 atom stereocenters. The smallest absolute Gasteiger partial charge is 0.281 e. The highest BCUT2D eigenvalue weighted by molar-refractivity contribution is 8.13. The van der Waals surface area contributed by atoms with Crippen LogP contribution in [0.4, 0.5) is 10.5 Å². The number of aryl methyl sites for hydroxylation is 1. The molecular weight excluding hydrogens is 314 g/mol. The summed E-state index contributed by atoms with van der Waals surface area (Å²) >= 11 is 1.27. The van der Waals surface area contributed by atoms with Crippen molar-refractivity contribution in [2.45, 2.75) is 20.3 Å². The van der Waals surface area contributed by atoms with Crippen LogP contribution < -0.4 is 10.6 Å². The molecule has 1 saturated heterocycles. The van der Waals surface area contributed by atoms with Crippen LogP contribution in [-0.4, -0.2) is 47.3 Å². The fourth-order valence-electron chi connectivity index (χ4n) is 2.21. The Labute approximate surface area is 140 Å².